The van der Waals surface area contributed by atoms with Gasteiger partial charge in [0.15, 0.2) is 0 Å². The van der Waals surface area contributed by atoms with Crippen LogP contribution in [0, 0.1) is 32.5 Å². The summed E-state index contributed by atoms with van der Waals surface area (Å²) in [5.74, 6) is 0.828. The van der Waals surface area contributed by atoms with E-state index < -0.39 is 5.92 Å². The molecule has 2 amide bonds. The van der Waals surface area contributed by atoms with E-state index in [0.717, 1.165) is 11.4 Å². The zero-order chi connectivity index (χ0) is 26.1. The number of imidazole rings is 1. The number of nitrogens with one attached hydrogen (secondary N) is 1. The van der Waals surface area contributed by atoms with Crippen molar-refractivity contribution in [1.82, 2.24) is 19.5 Å². The number of nitrogens with zero attached hydrogens (tertiary/aromatic N) is 5. The van der Waals surface area contributed by atoms with Gasteiger partial charge in [0.05, 0.1) is 11.6 Å². The average molecular weight is 501 g/mol. The third kappa shape index (κ3) is 5.18. The fourth-order valence-electron chi connectivity index (χ4n) is 4.16. The topological polar surface area (TPSA) is 102 Å². The number of carbonyl (C=O) groups is 2. The van der Waals surface area contributed by atoms with Crippen molar-refractivity contribution in [3.05, 3.63) is 84.0 Å². The molecule has 2 aromatic carbocycles. The van der Waals surface area contributed by atoms with E-state index in [1.165, 1.54) is 29.2 Å². The Morgan fingerprint density at radius 1 is 1.05 bits per heavy atom. The van der Waals surface area contributed by atoms with Crippen LogP contribution in [-0.4, -0.2) is 37.9 Å². The maximum absolute atomic E-state index is 13.2. The first-order valence-electron chi connectivity index (χ1n) is 11.8. The molecule has 37 heavy (non-hydrogen) atoms. The molecule has 1 saturated heterocycles. The van der Waals surface area contributed by atoms with Crippen LogP contribution in [0.1, 0.15) is 23.6 Å². The van der Waals surface area contributed by atoms with Gasteiger partial charge in [-0.1, -0.05) is 0 Å². The van der Waals surface area contributed by atoms with Gasteiger partial charge in [-0.05, 0) is 69.3 Å². The van der Waals surface area contributed by atoms with Crippen LogP contribution < -0.4 is 15.0 Å². The Morgan fingerprint density at radius 2 is 1.78 bits per heavy atom. The summed E-state index contributed by atoms with van der Waals surface area (Å²) in [7, 11) is 0. The van der Waals surface area contributed by atoms with Crippen molar-refractivity contribution in [2.24, 2.45) is 5.92 Å². The Labute approximate surface area is 213 Å². The van der Waals surface area contributed by atoms with Crippen molar-refractivity contribution in [3.8, 4) is 17.4 Å². The molecule has 0 radical (unpaired) electrons. The quantitative estimate of drug-likeness (QED) is 0.418. The Morgan fingerprint density at radius 3 is 2.46 bits per heavy atom. The maximum atomic E-state index is 13.2. The zero-order valence-electron chi connectivity index (χ0n) is 20.6. The zero-order valence-corrected chi connectivity index (χ0v) is 20.6. The number of halogens is 1. The molecule has 188 valence electrons. The smallest absolute Gasteiger partial charge is 0.229 e. The molecule has 1 aliphatic rings. The fourth-order valence-corrected chi connectivity index (χ4v) is 4.16. The predicted octanol–water partition coefficient (Wildman–Crippen LogP) is 4.51. The van der Waals surface area contributed by atoms with E-state index in [0.29, 0.717) is 34.6 Å². The van der Waals surface area contributed by atoms with Gasteiger partial charge < -0.3 is 15.0 Å². The second-order valence-corrected chi connectivity index (χ2v) is 8.89. The van der Waals surface area contributed by atoms with Crippen LogP contribution in [0.4, 0.5) is 15.8 Å². The van der Waals surface area contributed by atoms with Gasteiger partial charge >= 0.3 is 0 Å². The van der Waals surface area contributed by atoms with Gasteiger partial charge in [0.25, 0.3) is 0 Å². The van der Waals surface area contributed by atoms with E-state index >= 15 is 0 Å². The minimum atomic E-state index is -0.508. The van der Waals surface area contributed by atoms with E-state index in [9.17, 15) is 14.0 Å². The lowest BCUT2D eigenvalue weighted by Crippen LogP contribution is -2.28. The second-order valence-electron chi connectivity index (χ2n) is 8.89. The number of ether oxygens (including phenoxy) is 1. The second kappa shape index (κ2) is 9.81. The highest BCUT2D eigenvalue weighted by Crippen LogP contribution is 2.27. The lowest BCUT2D eigenvalue weighted by molar-refractivity contribution is -0.122. The van der Waals surface area contributed by atoms with Gasteiger partial charge in [0.2, 0.25) is 17.7 Å². The molecule has 1 fully saturated rings. The van der Waals surface area contributed by atoms with Crippen LogP contribution in [0.15, 0.2) is 60.9 Å². The molecule has 10 heteroatoms. The van der Waals surface area contributed by atoms with Crippen LogP contribution in [0.5, 0.6) is 11.6 Å². The van der Waals surface area contributed by atoms with E-state index in [-0.39, 0.29) is 30.6 Å². The summed E-state index contributed by atoms with van der Waals surface area (Å²) < 4.78 is 21.0. The van der Waals surface area contributed by atoms with Crippen LogP contribution in [-0.2, 0) is 9.59 Å². The molecule has 9 nitrogen and oxygen atoms in total. The van der Waals surface area contributed by atoms with Crippen molar-refractivity contribution in [2.45, 2.75) is 27.2 Å². The number of anilines is 2. The third-order valence-electron chi connectivity index (χ3n) is 6.28. The van der Waals surface area contributed by atoms with Crippen molar-refractivity contribution in [3.63, 3.8) is 0 Å². The number of aryl methyl sites for hydroxylation is 2. The molecule has 4 aromatic rings. The summed E-state index contributed by atoms with van der Waals surface area (Å²) in [6.07, 6.45) is 1.81. The Hall–Kier alpha value is -4.60. The van der Waals surface area contributed by atoms with Crippen molar-refractivity contribution >= 4 is 23.2 Å². The summed E-state index contributed by atoms with van der Waals surface area (Å²) >= 11 is 0. The van der Waals surface area contributed by atoms with Crippen molar-refractivity contribution in [1.29, 1.82) is 0 Å². The molecule has 3 heterocycles. The Balaban J connectivity index is 1.23. The summed E-state index contributed by atoms with van der Waals surface area (Å²) in [5.41, 5.74) is 3.05. The first-order chi connectivity index (χ1) is 17.8. The van der Waals surface area contributed by atoms with Crippen molar-refractivity contribution in [2.75, 3.05) is 16.8 Å². The fraction of sp³-hybridized carbons (Fsp3) is 0.222. The normalized spacial score (nSPS) is 15.2. The largest absolute Gasteiger partial charge is 0.439 e. The number of hydrogen-bond acceptors (Lipinski definition) is 6. The van der Waals surface area contributed by atoms with E-state index in [1.807, 2.05) is 18.4 Å². The molecule has 0 aliphatic carbocycles. The highest BCUT2D eigenvalue weighted by Gasteiger charge is 2.35. The van der Waals surface area contributed by atoms with Crippen LogP contribution >= 0.6 is 0 Å². The van der Waals surface area contributed by atoms with Crippen molar-refractivity contribution < 1.29 is 18.7 Å². The molecule has 0 bridgehead atoms. The molecular weight excluding hydrogens is 475 g/mol. The average Bonchev–Trinajstić information content (AvgIpc) is 3.42. The number of benzene rings is 2. The summed E-state index contributed by atoms with van der Waals surface area (Å²) in [5, 5.41) is 2.86. The summed E-state index contributed by atoms with van der Waals surface area (Å²) in [4.78, 5) is 39.9. The number of amides is 2. The van der Waals surface area contributed by atoms with E-state index in [1.54, 1.807) is 43.6 Å². The standard InChI is InChI=1S/C27H25FN6O3/c1-16-17(2)34(15-29-16)24-13-25(31-18(3)30-24)37-23-10-6-21(7-11-23)32-27(36)19-12-26(35)33(14-19)22-8-4-20(28)5-9-22/h4-11,13,15,19H,12,14H2,1-3H3,(H,32,36). The first-order valence-corrected chi connectivity index (χ1v) is 11.8. The summed E-state index contributed by atoms with van der Waals surface area (Å²) in [6, 6.07) is 14.3. The van der Waals surface area contributed by atoms with Gasteiger partial charge in [-0.2, -0.15) is 4.98 Å². The van der Waals surface area contributed by atoms with Crippen LogP contribution in [0.3, 0.4) is 0 Å². The molecule has 0 saturated carbocycles. The highest BCUT2D eigenvalue weighted by atomic mass is 19.1. The van der Waals surface area contributed by atoms with Crippen LogP contribution in [0.25, 0.3) is 5.82 Å². The number of rotatable bonds is 6. The van der Waals surface area contributed by atoms with Gasteiger partial charge in [0, 0.05) is 36.1 Å². The van der Waals surface area contributed by atoms with Gasteiger partial charge in [-0.3, -0.25) is 14.2 Å². The van der Waals surface area contributed by atoms with Gasteiger partial charge in [-0.15, -0.1) is 0 Å². The summed E-state index contributed by atoms with van der Waals surface area (Å²) in [6.45, 7) is 5.93. The number of hydrogen-bond donors (Lipinski definition) is 1. The number of aromatic nitrogens is 4. The Kier molecular flexibility index (Phi) is 6.39. The lowest BCUT2D eigenvalue weighted by Gasteiger charge is -2.16. The molecule has 2 aromatic heterocycles. The highest BCUT2D eigenvalue weighted by molar-refractivity contribution is 6.03. The minimum absolute atomic E-state index is 0.0930. The number of carbonyl (C=O) groups excluding carboxylic acids is 2. The Bertz CT molecular complexity index is 1470. The molecule has 1 unspecified atom stereocenters. The predicted molar refractivity (Wildman–Crippen MR) is 135 cm³/mol. The molecule has 1 aliphatic heterocycles. The molecule has 1 N–H and O–H groups in total. The first kappa shape index (κ1) is 24.1. The molecule has 1 atom stereocenters. The monoisotopic (exact) mass is 500 g/mol. The molecule has 0 spiro atoms. The van der Waals surface area contributed by atoms with Gasteiger partial charge in [-0.25, -0.2) is 14.4 Å². The van der Waals surface area contributed by atoms with E-state index in [4.69, 9.17) is 4.74 Å². The molecule has 5 rings (SSSR count). The SMILES string of the molecule is Cc1nc(Oc2ccc(NC(=O)C3CC(=O)N(c4ccc(F)cc4)C3)cc2)cc(-n2cnc(C)c2C)n1. The van der Waals surface area contributed by atoms with E-state index in [2.05, 4.69) is 20.3 Å². The molecular formula is C27H25FN6O3. The van der Waals surface area contributed by atoms with Crippen LogP contribution in [0.2, 0.25) is 0 Å². The minimum Gasteiger partial charge on any atom is -0.439 e. The lowest BCUT2D eigenvalue weighted by atomic mass is 10.1. The van der Waals surface area contributed by atoms with Gasteiger partial charge in [0.1, 0.15) is 29.5 Å². The third-order valence-corrected chi connectivity index (χ3v) is 6.28. The maximum Gasteiger partial charge on any atom is 0.229 e.